The summed E-state index contributed by atoms with van der Waals surface area (Å²) in [7, 11) is 0. The average molecular weight is 267 g/mol. The number of carbonyl (C=O) groups excluding carboxylic acids is 2. The van der Waals surface area contributed by atoms with E-state index in [1.807, 2.05) is 0 Å². The van der Waals surface area contributed by atoms with Crippen molar-refractivity contribution in [2.24, 2.45) is 0 Å². The Labute approximate surface area is 99.7 Å². The van der Waals surface area contributed by atoms with Crippen LogP contribution >= 0.6 is 35.0 Å². The van der Waals surface area contributed by atoms with Gasteiger partial charge in [-0.25, -0.2) is 4.39 Å². The maximum absolute atomic E-state index is 13.3. The number of halogens is 3. The first kappa shape index (κ1) is 12.5. The highest BCUT2D eigenvalue weighted by molar-refractivity contribution is 8.13. The van der Waals surface area contributed by atoms with E-state index >= 15 is 0 Å². The molecular formula is C9H5Cl2FO2S. The summed E-state index contributed by atoms with van der Waals surface area (Å²) in [5.41, 5.74) is -0.318. The minimum atomic E-state index is -0.951. The molecule has 2 nitrogen and oxygen atoms in total. The van der Waals surface area contributed by atoms with Crippen molar-refractivity contribution in [3.63, 3.8) is 0 Å². The van der Waals surface area contributed by atoms with E-state index in [0.29, 0.717) is 11.8 Å². The van der Waals surface area contributed by atoms with E-state index in [0.717, 1.165) is 6.07 Å². The molecule has 0 aliphatic rings. The fourth-order valence-electron chi connectivity index (χ4n) is 0.976. The third-order valence-corrected chi connectivity index (χ3v) is 2.71. The molecule has 15 heavy (non-hydrogen) atoms. The van der Waals surface area contributed by atoms with Crippen LogP contribution in [0.3, 0.4) is 0 Å². The summed E-state index contributed by atoms with van der Waals surface area (Å²) < 4.78 is 13.3. The second kappa shape index (κ2) is 4.96. The van der Waals surface area contributed by atoms with Crippen molar-refractivity contribution in [1.29, 1.82) is 0 Å². The van der Waals surface area contributed by atoms with Crippen molar-refractivity contribution >= 4 is 45.3 Å². The SMILES string of the molecule is CC(=O)Sc1cc(Cl)cc(F)c1C(=O)Cl. The van der Waals surface area contributed by atoms with Crippen LogP contribution in [0.1, 0.15) is 17.3 Å². The fourth-order valence-corrected chi connectivity index (χ4v) is 2.28. The van der Waals surface area contributed by atoms with Gasteiger partial charge in [0, 0.05) is 16.8 Å². The molecule has 0 unspecified atom stereocenters. The van der Waals surface area contributed by atoms with E-state index in [9.17, 15) is 14.0 Å². The first-order valence-electron chi connectivity index (χ1n) is 3.79. The van der Waals surface area contributed by atoms with Crippen molar-refractivity contribution in [1.82, 2.24) is 0 Å². The molecule has 0 atom stereocenters. The summed E-state index contributed by atoms with van der Waals surface area (Å²) in [5.74, 6) is -0.828. The van der Waals surface area contributed by atoms with Crippen LogP contribution in [0.25, 0.3) is 0 Å². The number of benzene rings is 1. The van der Waals surface area contributed by atoms with Crippen LogP contribution in [0, 0.1) is 5.82 Å². The van der Waals surface area contributed by atoms with Crippen LogP contribution in [0.5, 0.6) is 0 Å². The first-order chi connectivity index (χ1) is 6.91. The topological polar surface area (TPSA) is 34.1 Å². The Hall–Kier alpha value is -0.580. The van der Waals surface area contributed by atoms with Crippen molar-refractivity contribution in [2.75, 3.05) is 0 Å². The molecule has 0 bridgehead atoms. The summed E-state index contributed by atoms with van der Waals surface area (Å²) in [6.07, 6.45) is 0. The third-order valence-electron chi connectivity index (χ3n) is 1.47. The number of hydrogen-bond acceptors (Lipinski definition) is 3. The van der Waals surface area contributed by atoms with Gasteiger partial charge in [0.15, 0.2) is 5.12 Å². The lowest BCUT2D eigenvalue weighted by Crippen LogP contribution is -1.99. The molecule has 0 saturated heterocycles. The summed E-state index contributed by atoms with van der Waals surface area (Å²) in [5, 5.41) is -1.12. The minimum Gasteiger partial charge on any atom is -0.287 e. The molecule has 0 N–H and O–H groups in total. The van der Waals surface area contributed by atoms with Crippen LogP contribution in [-0.2, 0) is 4.79 Å². The van der Waals surface area contributed by atoms with Gasteiger partial charge in [-0.3, -0.25) is 9.59 Å². The summed E-state index contributed by atoms with van der Waals surface area (Å²) in [6.45, 7) is 1.30. The monoisotopic (exact) mass is 266 g/mol. The van der Waals surface area contributed by atoms with Gasteiger partial charge in [0.25, 0.3) is 5.24 Å². The third kappa shape index (κ3) is 3.19. The molecule has 0 aliphatic carbocycles. The molecule has 0 fully saturated rings. The van der Waals surface area contributed by atoms with Crippen LogP contribution in [0.4, 0.5) is 4.39 Å². The Balaban J connectivity index is 3.33. The van der Waals surface area contributed by atoms with Gasteiger partial charge in [0.2, 0.25) is 0 Å². The Bertz CT molecular complexity index is 434. The second-order valence-corrected chi connectivity index (χ2v) is 4.63. The summed E-state index contributed by atoms with van der Waals surface area (Å²) in [4.78, 5) is 21.9. The fraction of sp³-hybridized carbons (Fsp3) is 0.111. The van der Waals surface area contributed by atoms with Crippen molar-refractivity contribution < 1.29 is 14.0 Å². The predicted octanol–water partition coefficient (Wildman–Crippen LogP) is 3.50. The van der Waals surface area contributed by atoms with E-state index in [2.05, 4.69) is 0 Å². The highest BCUT2D eigenvalue weighted by atomic mass is 35.5. The number of carbonyl (C=O) groups is 2. The van der Waals surface area contributed by atoms with Gasteiger partial charge >= 0.3 is 0 Å². The van der Waals surface area contributed by atoms with Gasteiger partial charge in [-0.15, -0.1) is 0 Å². The molecule has 80 valence electrons. The lowest BCUT2D eigenvalue weighted by atomic mass is 10.2. The Morgan fingerprint density at radius 1 is 1.40 bits per heavy atom. The summed E-state index contributed by atoms with van der Waals surface area (Å²) in [6, 6.07) is 2.30. The van der Waals surface area contributed by atoms with Crippen LogP contribution in [-0.4, -0.2) is 10.4 Å². The molecule has 0 radical (unpaired) electrons. The van der Waals surface area contributed by atoms with Crippen LogP contribution < -0.4 is 0 Å². The quantitative estimate of drug-likeness (QED) is 0.607. The molecule has 1 aromatic carbocycles. The largest absolute Gasteiger partial charge is 0.287 e. The van der Waals surface area contributed by atoms with Gasteiger partial charge in [0.1, 0.15) is 5.82 Å². The molecule has 0 amide bonds. The molecule has 0 spiro atoms. The zero-order valence-corrected chi connectivity index (χ0v) is 9.84. The average Bonchev–Trinajstić information content (AvgIpc) is 1.99. The lowest BCUT2D eigenvalue weighted by molar-refractivity contribution is -0.109. The minimum absolute atomic E-state index is 0.109. The van der Waals surface area contributed by atoms with Gasteiger partial charge < -0.3 is 0 Å². The normalized spacial score (nSPS) is 10.1. The van der Waals surface area contributed by atoms with Crippen molar-refractivity contribution in [3.8, 4) is 0 Å². The summed E-state index contributed by atoms with van der Waals surface area (Å²) >= 11 is 11.5. The van der Waals surface area contributed by atoms with E-state index in [1.165, 1.54) is 13.0 Å². The Morgan fingerprint density at radius 3 is 2.47 bits per heavy atom. The molecule has 0 saturated carbocycles. The maximum Gasteiger partial charge on any atom is 0.256 e. The molecule has 0 aromatic heterocycles. The van der Waals surface area contributed by atoms with Gasteiger partial charge in [-0.1, -0.05) is 23.4 Å². The van der Waals surface area contributed by atoms with Crippen LogP contribution in [0.15, 0.2) is 17.0 Å². The van der Waals surface area contributed by atoms with E-state index < -0.39 is 11.1 Å². The molecule has 0 heterocycles. The smallest absolute Gasteiger partial charge is 0.256 e. The lowest BCUT2D eigenvalue weighted by Gasteiger charge is -2.05. The zero-order valence-electron chi connectivity index (χ0n) is 7.51. The van der Waals surface area contributed by atoms with Crippen molar-refractivity contribution in [3.05, 3.63) is 28.5 Å². The van der Waals surface area contributed by atoms with Crippen LogP contribution in [0.2, 0.25) is 5.02 Å². The maximum atomic E-state index is 13.3. The molecule has 1 aromatic rings. The zero-order chi connectivity index (χ0) is 11.6. The number of rotatable bonds is 2. The Kier molecular flexibility index (Phi) is 4.13. The molecule has 6 heteroatoms. The second-order valence-electron chi connectivity index (χ2n) is 2.63. The van der Waals surface area contributed by atoms with E-state index in [-0.39, 0.29) is 20.6 Å². The van der Waals surface area contributed by atoms with Gasteiger partial charge in [-0.2, -0.15) is 0 Å². The van der Waals surface area contributed by atoms with E-state index in [4.69, 9.17) is 23.2 Å². The standard InChI is InChI=1S/C9H5Cl2FO2S/c1-4(13)15-7-3-5(10)2-6(12)8(7)9(11)14/h2-3H,1H3. The molecule has 1 rings (SSSR count). The number of thioether (sulfide) groups is 1. The molecule has 0 aliphatic heterocycles. The predicted molar refractivity (Wildman–Crippen MR) is 58.1 cm³/mol. The Morgan fingerprint density at radius 2 is 2.00 bits per heavy atom. The van der Waals surface area contributed by atoms with Gasteiger partial charge in [-0.05, 0) is 23.7 Å². The first-order valence-corrected chi connectivity index (χ1v) is 5.36. The highest BCUT2D eigenvalue weighted by Crippen LogP contribution is 2.30. The molecular weight excluding hydrogens is 262 g/mol. The highest BCUT2D eigenvalue weighted by Gasteiger charge is 2.17. The van der Waals surface area contributed by atoms with E-state index in [1.54, 1.807) is 0 Å². The number of hydrogen-bond donors (Lipinski definition) is 0. The van der Waals surface area contributed by atoms with Gasteiger partial charge in [0.05, 0.1) is 5.56 Å². The van der Waals surface area contributed by atoms with Crippen molar-refractivity contribution in [2.45, 2.75) is 11.8 Å².